The molecule has 1 fully saturated rings. The van der Waals surface area contributed by atoms with Crippen molar-refractivity contribution in [2.75, 3.05) is 6.61 Å². The van der Waals surface area contributed by atoms with E-state index in [1.54, 1.807) is 0 Å². The molecule has 20 heavy (non-hydrogen) atoms. The van der Waals surface area contributed by atoms with Crippen molar-refractivity contribution in [2.45, 2.75) is 31.9 Å². The van der Waals surface area contributed by atoms with Crippen LogP contribution in [-0.2, 0) is 20.7 Å². The highest BCUT2D eigenvalue weighted by atomic mass is 16.5. The first-order valence-electron chi connectivity index (χ1n) is 6.80. The highest BCUT2D eigenvalue weighted by Crippen LogP contribution is 2.33. The van der Waals surface area contributed by atoms with Gasteiger partial charge in [0.2, 0.25) is 5.91 Å². The molecule has 0 radical (unpaired) electrons. The van der Waals surface area contributed by atoms with Crippen LogP contribution in [0.3, 0.4) is 0 Å². The van der Waals surface area contributed by atoms with Crippen LogP contribution in [0.5, 0.6) is 0 Å². The fraction of sp³-hybridized carbons (Fsp3) is 0.467. The molecule has 1 amide bonds. The van der Waals surface area contributed by atoms with E-state index >= 15 is 0 Å². The monoisotopic (exact) mass is 277 g/mol. The maximum absolute atomic E-state index is 11.9. The van der Waals surface area contributed by atoms with Gasteiger partial charge in [0.1, 0.15) is 6.04 Å². The predicted molar refractivity (Wildman–Crippen MR) is 73.2 cm³/mol. The molecule has 0 aromatic heterocycles. The van der Waals surface area contributed by atoms with Gasteiger partial charge in [-0.1, -0.05) is 30.3 Å². The molecule has 3 atom stereocenters. The van der Waals surface area contributed by atoms with E-state index in [1.807, 2.05) is 37.3 Å². The van der Waals surface area contributed by atoms with Crippen molar-refractivity contribution in [1.82, 2.24) is 5.32 Å². The number of amides is 1. The minimum Gasteiger partial charge on any atom is -0.480 e. The lowest BCUT2D eigenvalue weighted by molar-refractivity contribution is -0.142. The van der Waals surface area contributed by atoms with Crippen LogP contribution in [0.4, 0.5) is 0 Å². The number of carboxylic acids is 1. The van der Waals surface area contributed by atoms with Crippen LogP contribution in [0.15, 0.2) is 30.3 Å². The van der Waals surface area contributed by atoms with E-state index in [4.69, 9.17) is 4.74 Å². The number of nitrogens with one attached hydrogen (secondary N) is 1. The molecule has 1 aromatic carbocycles. The second-order valence-electron chi connectivity index (χ2n) is 4.93. The molecule has 0 aliphatic heterocycles. The minimum atomic E-state index is -1.02. The van der Waals surface area contributed by atoms with Crippen LogP contribution in [0.1, 0.15) is 18.9 Å². The Balaban J connectivity index is 1.90. The largest absolute Gasteiger partial charge is 0.480 e. The number of carbonyl (C=O) groups excluding carboxylic acids is 1. The fourth-order valence-electron chi connectivity index (χ4n) is 2.17. The second-order valence-corrected chi connectivity index (χ2v) is 4.93. The van der Waals surface area contributed by atoms with E-state index < -0.39 is 12.0 Å². The normalized spacial score (nSPS) is 22.1. The van der Waals surface area contributed by atoms with Crippen LogP contribution in [-0.4, -0.2) is 35.7 Å². The summed E-state index contributed by atoms with van der Waals surface area (Å²) >= 11 is 0. The number of hydrogen-bond acceptors (Lipinski definition) is 3. The van der Waals surface area contributed by atoms with Gasteiger partial charge in [-0.2, -0.15) is 0 Å². The number of rotatable bonds is 7. The number of aliphatic carboxylic acids is 1. The van der Waals surface area contributed by atoms with E-state index in [1.165, 1.54) is 0 Å². The summed E-state index contributed by atoms with van der Waals surface area (Å²) in [6.45, 7) is 2.45. The molecule has 0 saturated heterocycles. The summed E-state index contributed by atoms with van der Waals surface area (Å²) in [6.07, 6.45) is 0.914. The van der Waals surface area contributed by atoms with Gasteiger partial charge in [-0.3, -0.25) is 4.79 Å². The minimum absolute atomic E-state index is 0.0498. The zero-order chi connectivity index (χ0) is 14.5. The molecule has 2 rings (SSSR count). The maximum Gasteiger partial charge on any atom is 0.326 e. The molecule has 1 aliphatic carbocycles. The smallest absolute Gasteiger partial charge is 0.326 e. The Kier molecular flexibility index (Phi) is 4.74. The average Bonchev–Trinajstić information content (AvgIpc) is 3.19. The lowest BCUT2D eigenvalue weighted by Crippen LogP contribution is -2.43. The molecular formula is C15H19NO4. The summed E-state index contributed by atoms with van der Waals surface area (Å²) in [6, 6.07) is 8.37. The first kappa shape index (κ1) is 14.5. The summed E-state index contributed by atoms with van der Waals surface area (Å²) in [5.41, 5.74) is 0.886. The van der Waals surface area contributed by atoms with Crippen molar-refractivity contribution < 1.29 is 19.4 Å². The van der Waals surface area contributed by atoms with Crippen molar-refractivity contribution >= 4 is 11.9 Å². The lowest BCUT2D eigenvalue weighted by Gasteiger charge is -2.14. The van der Waals surface area contributed by atoms with Gasteiger partial charge in [0.15, 0.2) is 0 Å². The highest BCUT2D eigenvalue weighted by Gasteiger charge is 2.44. The summed E-state index contributed by atoms with van der Waals surface area (Å²) < 4.78 is 5.34. The van der Waals surface area contributed by atoms with Crippen LogP contribution in [0, 0.1) is 5.92 Å². The molecule has 108 valence electrons. The Labute approximate surface area is 117 Å². The van der Waals surface area contributed by atoms with Gasteiger partial charge in [0.05, 0.1) is 12.0 Å². The van der Waals surface area contributed by atoms with Gasteiger partial charge >= 0.3 is 5.97 Å². The van der Waals surface area contributed by atoms with Crippen LogP contribution >= 0.6 is 0 Å². The van der Waals surface area contributed by atoms with Gasteiger partial charge in [0, 0.05) is 13.0 Å². The topological polar surface area (TPSA) is 75.6 Å². The van der Waals surface area contributed by atoms with Crippen LogP contribution < -0.4 is 5.32 Å². The molecule has 0 spiro atoms. The standard InChI is InChI=1S/C15H19NO4/c1-2-20-13-9-11(13)14(17)16-12(15(18)19)8-10-6-4-3-5-7-10/h3-7,11-13H,2,8-9H2,1H3,(H,16,17)(H,18,19)/t11?,12-,13?/m1/s1. The van der Waals surface area contributed by atoms with E-state index in [0.717, 1.165) is 5.56 Å². The van der Waals surface area contributed by atoms with Gasteiger partial charge in [-0.25, -0.2) is 4.79 Å². The summed E-state index contributed by atoms with van der Waals surface area (Å²) in [5, 5.41) is 11.8. The summed E-state index contributed by atoms with van der Waals surface area (Å²) in [4.78, 5) is 23.2. The van der Waals surface area contributed by atoms with Crippen molar-refractivity contribution in [2.24, 2.45) is 5.92 Å². The van der Waals surface area contributed by atoms with Gasteiger partial charge in [0.25, 0.3) is 0 Å². The third-order valence-corrected chi connectivity index (χ3v) is 3.35. The molecule has 5 nitrogen and oxygen atoms in total. The van der Waals surface area contributed by atoms with Gasteiger partial charge in [-0.05, 0) is 18.9 Å². The molecule has 0 bridgehead atoms. The molecule has 2 unspecified atom stereocenters. The van der Waals surface area contributed by atoms with E-state index in [9.17, 15) is 14.7 Å². The fourth-order valence-corrected chi connectivity index (χ4v) is 2.17. The van der Waals surface area contributed by atoms with Crippen molar-refractivity contribution in [3.8, 4) is 0 Å². The SMILES string of the molecule is CCOC1CC1C(=O)N[C@H](Cc1ccccc1)C(=O)O. The Morgan fingerprint density at radius 2 is 2.10 bits per heavy atom. The molecular weight excluding hydrogens is 258 g/mol. The quantitative estimate of drug-likeness (QED) is 0.786. The highest BCUT2D eigenvalue weighted by molar-refractivity contribution is 5.87. The number of benzene rings is 1. The Morgan fingerprint density at radius 3 is 2.70 bits per heavy atom. The predicted octanol–water partition coefficient (Wildman–Crippen LogP) is 1.22. The van der Waals surface area contributed by atoms with Crippen molar-refractivity contribution in [3.05, 3.63) is 35.9 Å². The molecule has 1 aliphatic rings. The first-order chi connectivity index (χ1) is 9.61. The van der Waals surface area contributed by atoms with Crippen molar-refractivity contribution in [3.63, 3.8) is 0 Å². The maximum atomic E-state index is 11.9. The number of carbonyl (C=O) groups is 2. The Morgan fingerprint density at radius 1 is 1.40 bits per heavy atom. The molecule has 5 heteroatoms. The third kappa shape index (κ3) is 3.81. The first-order valence-corrected chi connectivity index (χ1v) is 6.80. The van der Waals surface area contributed by atoms with Gasteiger partial charge in [-0.15, -0.1) is 0 Å². The zero-order valence-electron chi connectivity index (χ0n) is 11.4. The zero-order valence-corrected chi connectivity index (χ0v) is 11.4. The number of ether oxygens (including phenoxy) is 1. The van der Waals surface area contributed by atoms with E-state index in [0.29, 0.717) is 13.0 Å². The molecule has 0 heterocycles. The Hall–Kier alpha value is -1.88. The number of carboxylic acid groups (broad SMARTS) is 1. The average molecular weight is 277 g/mol. The summed E-state index contributed by atoms with van der Waals surface area (Å²) in [7, 11) is 0. The Bertz CT molecular complexity index is 474. The molecule has 1 aromatic rings. The number of hydrogen-bond donors (Lipinski definition) is 2. The second kappa shape index (κ2) is 6.52. The summed E-state index contributed by atoms with van der Waals surface area (Å²) in [5.74, 6) is -1.45. The van der Waals surface area contributed by atoms with E-state index in [2.05, 4.69) is 5.32 Å². The van der Waals surface area contributed by atoms with E-state index in [-0.39, 0.29) is 24.3 Å². The lowest BCUT2D eigenvalue weighted by atomic mass is 10.1. The van der Waals surface area contributed by atoms with Crippen molar-refractivity contribution in [1.29, 1.82) is 0 Å². The molecule has 2 N–H and O–H groups in total. The van der Waals surface area contributed by atoms with Crippen LogP contribution in [0.25, 0.3) is 0 Å². The third-order valence-electron chi connectivity index (χ3n) is 3.35. The van der Waals surface area contributed by atoms with Gasteiger partial charge < -0.3 is 15.2 Å². The van der Waals surface area contributed by atoms with Crippen LogP contribution in [0.2, 0.25) is 0 Å². The molecule has 1 saturated carbocycles.